The van der Waals surface area contributed by atoms with Crippen LogP contribution in [-0.2, 0) is 25.3 Å². The van der Waals surface area contributed by atoms with Gasteiger partial charge in [0.05, 0.1) is 42.0 Å². The fourth-order valence-electron chi connectivity index (χ4n) is 5.60. The fraction of sp³-hybridized carbons (Fsp3) is 0.379. The van der Waals surface area contributed by atoms with Crippen LogP contribution in [0.1, 0.15) is 28.8 Å². The number of nitrogens with zero attached hydrogens (tertiary/aromatic N) is 2. The summed E-state index contributed by atoms with van der Waals surface area (Å²) in [6, 6.07) is 9.01. The van der Waals surface area contributed by atoms with E-state index in [1.54, 1.807) is 30.0 Å². The number of ether oxygens (including phenoxy) is 3. The van der Waals surface area contributed by atoms with Crippen LogP contribution < -0.4 is 19.2 Å². The van der Waals surface area contributed by atoms with Crippen molar-refractivity contribution in [2.24, 2.45) is 5.92 Å². The van der Waals surface area contributed by atoms with E-state index in [1.165, 1.54) is 6.07 Å². The van der Waals surface area contributed by atoms with Gasteiger partial charge < -0.3 is 24.1 Å². The van der Waals surface area contributed by atoms with E-state index in [2.05, 4.69) is 4.98 Å². The number of hydrogen-bond acceptors (Lipinski definition) is 9. The van der Waals surface area contributed by atoms with Crippen molar-refractivity contribution in [1.29, 1.82) is 0 Å². The summed E-state index contributed by atoms with van der Waals surface area (Å²) in [5.74, 6) is -2.75. The normalized spacial score (nSPS) is 21.7. The number of thioether (sulfide) groups is 1. The molecule has 44 heavy (non-hydrogen) atoms. The fourth-order valence-corrected chi connectivity index (χ4v) is 8.12. The Labute approximate surface area is 257 Å². The van der Waals surface area contributed by atoms with Crippen LogP contribution in [-0.4, -0.2) is 72.4 Å². The Morgan fingerprint density at radius 2 is 1.82 bits per heavy atom. The van der Waals surface area contributed by atoms with Crippen LogP contribution in [0.5, 0.6) is 11.5 Å². The number of amides is 3. The molecule has 3 aromatic rings. The number of anilines is 1. The lowest BCUT2D eigenvalue weighted by Crippen LogP contribution is -2.43. The van der Waals surface area contributed by atoms with E-state index in [4.69, 9.17) is 14.2 Å². The highest BCUT2D eigenvalue weighted by Gasteiger charge is 2.56. The first-order valence-corrected chi connectivity index (χ1v) is 15.5. The number of nitrogens with one attached hydrogen (secondary N) is 1. The molecule has 3 atom stereocenters. The molecule has 0 bridgehead atoms. The van der Waals surface area contributed by atoms with Gasteiger partial charge in [0.1, 0.15) is 5.25 Å². The van der Waals surface area contributed by atoms with E-state index in [0.29, 0.717) is 53.3 Å². The summed E-state index contributed by atoms with van der Waals surface area (Å²) in [6.07, 6.45) is -4.66. The number of alkyl halides is 3. The van der Waals surface area contributed by atoms with Crippen molar-refractivity contribution >= 4 is 46.5 Å². The zero-order valence-corrected chi connectivity index (χ0v) is 24.9. The van der Waals surface area contributed by atoms with Crippen LogP contribution in [0.15, 0.2) is 52.3 Å². The van der Waals surface area contributed by atoms with Crippen LogP contribution in [0.4, 0.5) is 18.9 Å². The van der Waals surface area contributed by atoms with E-state index in [-0.39, 0.29) is 29.7 Å². The van der Waals surface area contributed by atoms with Crippen LogP contribution in [0, 0.1) is 5.92 Å². The largest absolute Gasteiger partial charge is 0.490 e. The molecule has 3 aliphatic heterocycles. The van der Waals surface area contributed by atoms with Gasteiger partial charge in [0, 0.05) is 23.9 Å². The molecule has 3 amide bonds. The van der Waals surface area contributed by atoms with Gasteiger partial charge in [0.2, 0.25) is 11.8 Å². The van der Waals surface area contributed by atoms with Crippen LogP contribution in [0.3, 0.4) is 0 Å². The average Bonchev–Trinajstić information content (AvgIpc) is 3.50. The van der Waals surface area contributed by atoms with Crippen molar-refractivity contribution in [3.63, 3.8) is 0 Å². The van der Waals surface area contributed by atoms with Crippen molar-refractivity contribution in [3.8, 4) is 11.5 Å². The first-order valence-electron chi connectivity index (χ1n) is 13.8. The molecule has 0 aliphatic carbocycles. The maximum atomic E-state index is 13.9. The smallest absolute Gasteiger partial charge is 0.416 e. The number of carbonyl (C=O) groups excluding carboxylic acids is 3. The molecule has 6 rings (SSSR count). The third-order valence-electron chi connectivity index (χ3n) is 7.60. The zero-order valence-electron chi connectivity index (χ0n) is 23.2. The van der Waals surface area contributed by atoms with Gasteiger partial charge in [-0.15, -0.1) is 0 Å². The van der Waals surface area contributed by atoms with E-state index < -0.39 is 40.6 Å². The number of thiazole rings is 1. The average molecular weight is 650 g/mol. The molecule has 1 N–H and O–H groups in total. The Kier molecular flexibility index (Phi) is 8.20. The highest BCUT2D eigenvalue weighted by atomic mass is 32.2. The molecule has 4 heterocycles. The summed E-state index contributed by atoms with van der Waals surface area (Å²) in [6.45, 7) is 3.63. The zero-order chi connectivity index (χ0) is 31.2. The molecule has 1 aromatic heterocycles. The van der Waals surface area contributed by atoms with Gasteiger partial charge in [0.15, 0.2) is 18.1 Å². The van der Waals surface area contributed by atoms with E-state index >= 15 is 0 Å². The maximum absolute atomic E-state index is 13.9. The summed E-state index contributed by atoms with van der Waals surface area (Å²) in [7, 11) is 0. The van der Waals surface area contributed by atoms with Crippen molar-refractivity contribution in [1.82, 2.24) is 9.88 Å². The molecule has 2 aromatic carbocycles. The Hall–Kier alpha value is -3.82. The molecule has 0 radical (unpaired) electrons. The molecule has 15 heteroatoms. The third kappa shape index (κ3) is 5.59. The van der Waals surface area contributed by atoms with Crippen molar-refractivity contribution < 1.29 is 41.8 Å². The van der Waals surface area contributed by atoms with Gasteiger partial charge in [-0.1, -0.05) is 35.2 Å². The third-order valence-corrected chi connectivity index (χ3v) is 10.00. The summed E-state index contributed by atoms with van der Waals surface area (Å²) in [5, 5.41) is -0.565. The Morgan fingerprint density at radius 1 is 1.05 bits per heavy atom. The molecule has 0 unspecified atom stereocenters. The molecule has 232 valence electrons. The molecule has 0 spiro atoms. The van der Waals surface area contributed by atoms with Crippen molar-refractivity contribution in [3.05, 3.63) is 68.1 Å². The Balaban J connectivity index is 1.34. The number of fused-ring (bicyclic) bond motifs is 2. The number of halogens is 3. The molecule has 10 nitrogen and oxygen atoms in total. The van der Waals surface area contributed by atoms with E-state index in [1.807, 2.05) is 0 Å². The minimum absolute atomic E-state index is 0.177. The number of carbonyl (C=O) groups is 3. The lowest BCUT2D eigenvalue weighted by Gasteiger charge is -2.30. The highest BCUT2D eigenvalue weighted by Crippen LogP contribution is 2.54. The number of hydrogen-bond donors (Lipinski definition) is 1. The molecule has 2 saturated heterocycles. The second kappa shape index (κ2) is 11.9. The summed E-state index contributed by atoms with van der Waals surface area (Å²) < 4.78 is 57.3. The van der Waals surface area contributed by atoms with E-state index in [9.17, 15) is 32.3 Å². The predicted molar refractivity (Wildman–Crippen MR) is 154 cm³/mol. The van der Waals surface area contributed by atoms with E-state index in [0.717, 1.165) is 46.2 Å². The number of benzene rings is 2. The molecule has 0 saturated carbocycles. The van der Waals surface area contributed by atoms with Crippen LogP contribution in [0.2, 0.25) is 0 Å². The molecular formula is C29H26F3N3O7S2. The lowest BCUT2D eigenvalue weighted by molar-refractivity contribution is -0.138. The quantitative estimate of drug-likeness (QED) is 0.384. The minimum Gasteiger partial charge on any atom is -0.490 e. The Morgan fingerprint density at radius 3 is 2.55 bits per heavy atom. The minimum atomic E-state index is -4.66. The second-order valence-corrected chi connectivity index (χ2v) is 12.4. The number of rotatable bonds is 7. The van der Waals surface area contributed by atoms with Crippen LogP contribution >= 0.6 is 23.1 Å². The van der Waals surface area contributed by atoms with Gasteiger partial charge in [-0.2, -0.15) is 13.2 Å². The van der Waals surface area contributed by atoms with Gasteiger partial charge in [-0.05, 0) is 42.8 Å². The standard InChI is InChI=1S/C29H26F3N3O7S2/c1-2-41-19-12-15(6-7-18(19)42-14-20(36)34-8-10-40-11-9-34)21-22-24(43-25-23(21)44-28(39)33-25)27(38)35(26(22)37)17-5-3-4-16(13-17)29(30,31)32/h3-7,12-13,21-22,24H,2,8-11,14H2,1H3,(H,33,39)/t21-,22-,24+/m0/s1. The number of aromatic amines is 1. The maximum Gasteiger partial charge on any atom is 0.416 e. The van der Waals surface area contributed by atoms with Gasteiger partial charge in [-0.25, -0.2) is 4.90 Å². The van der Waals surface area contributed by atoms with Crippen molar-refractivity contribution in [2.75, 3.05) is 44.4 Å². The first-order chi connectivity index (χ1) is 21.1. The molecule has 3 aliphatic rings. The van der Waals surface area contributed by atoms with Crippen molar-refractivity contribution in [2.45, 2.75) is 29.3 Å². The summed E-state index contributed by atoms with van der Waals surface area (Å²) in [5.41, 5.74) is -0.620. The molecule has 2 fully saturated rings. The summed E-state index contributed by atoms with van der Waals surface area (Å²) >= 11 is 1.93. The predicted octanol–water partition coefficient (Wildman–Crippen LogP) is 3.89. The monoisotopic (exact) mass is 649 g/mol. The second-order valence-electron chi connectivity index (χ2n) is 10.2. The number of aromatic nitrogens is 1. The number of H-pyrrole nitrogens is 1. The Bertz CT molecular complexity index is 1670. The summed E-state index contributed by atoms with van der Waals surface area (Å²) in [4.78, 5) is 58.0. The topological polar surface area (TPSA) is 118 Å². The van der Waals surface area contributed by atoms with Gasteiger partial charge >= 0.3 is 11.0 Å². The first kappa shape index (κ1) is 30.2. The highest BCUT2D eigenvalue weighted by molar-refractivity contribution is 8.00. The SMILES string of the molecule is CCOc1cc([C@@H]2c3sc(=O)[nH]c3S[C@H]3C(=O)N(c4cccc(C(F)(F)F)c4)C(=O)[C@@H]23)ccc1OCC(=O)N1CCOCC1. The number of imide groups is 1. The molecular weight excluding hydrogens is 623 g/mol. The van der Waals surface area contributed by atoms with Gasteiger partial charge in [0.25, 0.3) is 5.91 Å². The van der Waals surface area contributed by atoms with Gasteiger partial charge in [-0.3, -0.25) is 19.2 Å². The number of morpholine rings is 1. The van der Waals surface area contributed by atoms with Crippen LogP contribution in [0.25, 0.3) is 0 Å². The lowest BCUT2D eigenvalue weighted by atomic mass is 9.83.